The predicted octanol–water partition coefficient (Wildman–Crippen LogP) is 6.81. The Hall–Kier alpha value is -1.38. The van der Waals surface area contributed by atoms with Crippen molar-refractivity contribution in [2.24, 2.45) is 0 Å². The molecule has 0 N–H and O–H groups in total. The summed E-state index contributed by atoms with van der Waals surface area (Å²) in [7, 11) is 0. The van der Waals surface area contributed by atoms with E-state index < -0.39 is 0 Å². The Labute approximate surface area is 148 Å². The number of hydrogen-bond acceptors (Lipinski definition) is 0. The number of halogens is 2. The van der Waals surface area contributed by atoms with E-state index in [1.807, 2.05) is 6.07 Å². The van der Waals surface area contributed by atoms with Crippen LogP contribution in [0.25, 0.3) is 22.3 Å². The first-order valence-corrected chi connectivity index (χ1v) is 9.45. The number of rotatable bonds is 4. The maximum Gasteiger partial charge on any atom is 0.0283 e. The van der Waals surface area contributed by atoms with Crippen molar-refractivity contribution < 1.29 is 0 Å². The molecule has 3 aromatic rings. The molecule has 0 bridgehead atoms. The molecule has 110 valence electrons. The van der Waals surface area contributed by atoms with Crippen LogP contribution in [0.15, 0.2) is 72.8 Å². The van der Waals surface area contributed by atoms with Crippen molar-refractivity contribution in [1.29, 1.82) is 0 Å². The monoisotopic (exact) mass is 414 g/mol. The summed E-state index contributed by atoms with van der Waals surface area (Å²) in [6.45, 7) is 0. The van der Waals surface area contributed by atoms with Crippen LogP contribution < -0.4 is 0 Å². The van der Waals surface area contributed by atoms with Gasteiger partial charge in [0.05, 0.1) is 0 Å². The standard InChI is InChI=1S/C20H16Br2/c21-13-15-10-16(14-22)12-20(11-15)19-8-6-18(7-9-19)17-4-2-1-3-5-17/h1-12H,13-14H2. The summed E-state index contributed by atoms with van der Waals surface area (Å²) >= 11 is 7.11. The normalized spacial score (nSPS) is 10.6. The highest BCUT2D eigenvalue weighted by atomic mass is 79.9. The van der Waals surface area contributed by atoms with Crippen LogP contribution in [0.2, 0.25) is 0 Å². The van der Waals surface area contributed by atoms with E-state index in [4.69, 9.17) is 0 Å². The van der Waals surface area contributed by atoms with Gasteiger partial charge < -0.3 is 0 Å². The predicted molar refractivity (Wildman–Crippen MR) is 103 cm³/mol. The van der Waals surface area contributed by atoms with Gasteiger partial charge in [0, 0.05) is 10.7 Å². The molecule has 22 heavy (non-hydrogen) atoms. The summed E-state index contributed by atoms with van der Waals surface area (Å²) in [6, 6.07) is 26.0. The van der Waals surface area contributed by atoms with Crippen LogP contribution in [0.1, 0.15) is 11.1 Å². The highest BCUT2D eigenvalue weighted by Gasteiger charge is 2.04. The summed E-state index contributed by atoms with van der Waals surface area (Å²) in [5.74, 6) is 0. The molecular formula is C20H16Br2. The van der Waals surface area contributed by atoms with Crippen molar-refractivity contribution in [3.8, 4) is 22.3 Å². The van der Waals surface area contributed by atoms with Crippen molar-refractivity contribution in [1.82, 2.24) is 0 Å². The molecule has 0 unspecified atom stereocenters. The molecule has 0 radical (unpaired) electrons. The molecule has 0 saturated heterocycles. The third-order valence-corrected chi connectivity index (χ3v) is 4.98. The fourth-order valence-electron chi connectivity index (χ4n) is 2.57. The summed E-state index contributed by atoms with van der Waals surface area (Å²) in [5.41, 5.74) is 7.64. The molecule has 0 fully saturated rings. The minimum Gasteiger partial charge on any atom is -0.0876 e. The molecule has 0 nitrogen and oxygen atoms in total. The lowest BCUT2D eigenvalue weighted by Gasteiger charge is -2.09. The maximum atomic E-state index is 3.55. The average molecular weight is 416 g/mol. The average Bonchev–Trinajstić information content (AvgIpc) is 2.62. The minimum atomic E-state index is 0.878. The van der Waals surface area contributed by atoms with E-state index in [0.29, 0.717) is 0 Å². The lowest BCUT2D eigenvalue weighted by molar-refractivity contribution is 1.35. The van der Waals surface area contributed by atoms with Gasteiger partial charge in [-0.1, -0.05) is 105 Å². The van der Waals surface area contributed by atoms with Crippen LogP contribution in [-0.4, -0.2) is 0 Å². The van der Waals surface area contributed by atoms with E-state index in [9.17, 15) is 0 Å². The molecule has 0 spiro atoms. The highest BCUT2D eigenvalue weighted by molar-refractivity contribution is 9.08. The molecule has 3 rings (SSSR count). The molecule has 3 aromatic carbocycles. The van der Waals surface area contributed by atoms with Gasteiger partial charge in [-0.25, -0.2) is 0 Å². The zero-order valence-electron chi connectivity index (χ0n) is 12.1. The first-order valence-electron chi connectivity index (χ1n) is 7.21. The molecule has 2 heteroatoms. The van der Waals surface area contributed by atoms with Gasteiger partial charge in [-0.3, -0.25) is 0 Å². The van der Waals surface area contributed by atoms with E-state index in [0.717, 1.165) is 10.7 Å². The molecule has 0 aromatic heterocycles. The van der Waals surface area contributed by atoms with Crippen molar-refractivity contribution in [2.45, 2.75) is 10.7 Å². The molecular weight excluding hydrogens is 400 g/mol. The van der Waals surface area contributed by atoms with Crippen LogP contribution in [-0.2, 0) is 10.7 Å². The fraction of sp³-hybridized carbons (Fsp3) is 0.100. The Balaban J connectivity index is 1.96. The van der Waals surface area contributed by atoms with Crippen molar-refractivity contribution >= 4 is 31.9 Å². The van der Waals surface area contributed by atoms with E-state index in [1.165, 1.54) is 33.4 Å². The largest absolute Gasteiger partial charge is 0.0876 e. The summed E-state index contributed by atoms with van der Waals surface area (Å²) < 4.78 is 0. The molecule has 0 atom stereocenters. The molecule has 0 aliphatic heterocycles. The van der Waals surface area contributed by atoms with Crippen LogP contribution in [0.5, 0.6) is 0 Å². The topological polar surface area (TPSA) is 0 Å². The smallest absolute Gasteiger partial charge is 0.0283 e. The Kier molecular flexibility index (Phi) is 5.12. The van der Waals surface area contributed by atoms with Gasteiger partial charge in [-0.15, -0.1) is 0 Å². The Morgan fingerprint density at radius 1 is 0.500 bits per heavy atom. The summed E-state index contributed by atoms with van der Waals surface area (Å²) in [5, 5.41) is 1.76. The van der Waals surface area contributed by atoms with Gasteiger partial charge >= 0.3 is 0 Å². The van der Waals surface area contributed by atoms with Gasteiger partial charge in [0.15, 0.2) is 0 Å². The molecule has 0 amide bonds. The minimum absolute atomic E-state index is 0.878. The summed E-state index contributed by atoms with van der Waals surface area (Å²) in [6.07, 6.45) is 0. The highest BCUT2D eigenvalue weighted by Crippen LogP contribution is 2.27. The quantitative estimate of drug-likeness (QED) is 0.410. The van der Waals surface area contributed by atoms with E-state index in [-0.39, 0.29) is 0 Å². The third-order valence-electron chi connectivity index (χ3n) is 3.69. The maximum absolute atomic E-state index is 3.55. The fourth-order valence-corrected chi connectivity index (χ4v) is 3.22. The van der Waals surface area contributed by atoms with Gasteiger partial charge in [0.25, 0.3) is 0 Å². The zero-order valence-corrected chi connectivity index (χ0v) is 15.3. The van der Waals surface area contributed by atoms with E-state index in [1.54, 1.807) is 0 Å². The van der Waals surface area contributed by atoms with Gasteiger partial charge in [0.1, 0.15) is 0 Å². The van der Waals surface area contributed by atoms with Gasteiger partial charge in [-0.05, 0) is 33.4 Å². The Morgan fingerprint density at radius 3 is 1.45 bits per heavy atom. The van der Waals surface area contributed by atoms with Crippen molar-refractivity contribution in [3.63, 3.8) is 0 Å². The van der Waals surface area contributed by atoms with Crippen molar-refractivity contribution in [2.75, 3.05) is 0 Å². The van der Waals surface area contributed by atoms with Crippen LogP contribution in [0.4, 0.5) is 0 Å². The second kappa shape index (κ2) is 7.26. The second-order valence-electron chi connectivity index (χ2n) is 5.25. The van der Waals surface area contributed by atoms with Crippen LogP contribution in [0.3, 0.4) is 0 Å². The van der Waals surface area contributed by atoms with Gasteiger partial charge in [0.2, 0.25) is 0 Å². The zero-order chi connectivity index (χ0) is 15.4. The lowest BCUT2D eigenvalue weighted by Crippen LogP contribution is -1.87. The van der Waals surface area contributed by atoms with E-state index >= 15 is 0 Å². The second-order valence-corrected chi connectivity index (χ2v) is 6.37. The first kappa shape index (κ1) is 15.5. The number of hydrogen-bond donors (Lipinski definition) is 0. The Bertz CT molecular complexity index is 724. The van der Waals surface area contributed by atoms with Gasteiger partial charge in [-0.2, -0.15) is 0 Å². The number of alkyl halides is 2. The first-order chi connectivity index (χ1) is 10.8. The Morgan fingerprint density at radius 2 is 0.955 bits per heavy atom. The number of benzene rings is 3. The molecule has 0 heterocycles. The lowest BCUT2D eigenvalue weighted by atomic mass is 9.98. The molecule has 0 saturated carbocycles. The van der Waals surface area contributed by atoms with E-state index in [2.05, 4.69) is 98.6 Å². The summed E-state index contributed by atoms with van der Waals surface area (Å²) in [4.78, 5) is 0. The van der Waals surface area contributed by atoms with Crippen molar-refractivity contribution in [3.05, 3.63) is 83.9 Å². The SMILES string of the molecule is BrCc1cc(CBr)cc(-c2ccc(-c3ccccc3)cc2)c1. The molecule has 0 aliphatic rings. The third kappa shape index (κ3) is 3.50. The van der Waals surface area contributed by atoms with Crippen LogP contribution in [0, 0.1) is 0 Å². The molecule has 0 aliphatic carbocycles. The van der Waals surface area contributed by atoms with Crippen LogP contribution >= 0.6 is 31.9 Å².